The summed E-state index contributed by atoms with van der Waals surface area (Å²) >= 11 is 0. The summed E-state index contributed by atoms with van der Waals surface area (Å²) < 4.78 is 16.8. The SMILES string of the molecule is O=C(OCC1CCCC2OC2C1)C1CCCC2OC2C1. The molecule has 0 bridgehead atoms. The largest absolute Gasteiger partial charge is 0.465 e. The van der Waals surface area contributed by atoms with Gasteiger partial charge in [0.05, 0.1) is 36.9 Å². The Balaban J connectivity index is 1.24. The number of carbonyl (C=O) groups excluding carboxylic acids is 1. The van der Waals surface area contributed by atoms with Gasteiger partial charge in [-0.25, -0.2) is 0 Å². The van der Waals surface area contributed by atoms with Gasteiger partial charge in [-0.15, -0.1) is 0 Å². The van der Waals surface area contributed by atoms with Crippen molar-refractivity contribution < 1.29 is 19.0 Å². The molecule has 0 radical (unpaired) electrons. The molecule has 6 unspecified atom stereocenters. The molecule has 4 rings (SSSR count). The van der Waals surface area contributed by atoms with Crippen molar-refractivity contribution in [1.82, 2.24) is 0 Å². The van der Waals surface area contributed by atoms with Crippen molar-refractivity contribution in [1.29, 1.82) is 0 Å². The molecule has 112 valence electrons. The normalized spacial score (nSPS) is 46.4. The molecular formula is C16H24O4. The first-order valence-electron chi connectivity index (χ1n) is 8.27. The van der Waals surface area contributed by atoms with E-state index in [0.717, 1.165) is 32.1 Å². The van der Waals surface area contributed by atoms with Crippen LogP contribution in [0.5, 0.6) is 0 Å². The molecular weight excluding hydrogens is 256 g/mol. The van der Waals surface area contributed by atoms with Crippen LogP contribution in [0.3, 0.4) is 0 Å². The van der Waals surface area contributed by atoms with Gasteiger partial charge in [-0.1, -0.05) is 6.42 Å². The van der Waals surface area contributed by atoms with Crippen LogP contribution in [0.15, 0.2) is 0 Å². The highest BCUT2D eigenvalue weighted by Crippen LogP contribution is 2.39. The molecule has 6 atom stereocenters. The van der Waals surface area contributed by atoms with E-state index in [-0.39, 0.29) is 11.9 Å². The number of hydrogen-bond donors (Lipinski definition) is 0. The van der Waals surface area contributed by atoms with Crippen LogP contribution in [0.25, 0.3) is 0 Å². The van der Waals surface area contributed by atoms with Crippen molar-refractivity contribution in [2.24, 2.45) is 11.8 Å². The molecule has 2 heterocycles. The number of carbonyl (C=O) groups is 1. The lowest BCUT2D eigenvalue weighted by Gasteiger charge is -2.18. The van der Waals surface area contributed by atoms with Crippen LogP contribution in [-0.4, -0.2) is 37.0 Å². The maximum Gasteiger partial charge on any atom is 0.309 e. The Bertz CT molecular complexity index is 383. The van der Waals surface area contributed by atoms with Gasteiger partial charge >= 0.3 is 5.97 Å². The zero-order valence-electron chi connectivity index (χ0n) is 12.0. The Hall–Kier alpha value is -0.610. The van der Waals surface area contributed by atoms with Crippen molar-refractivity contribution in [3.8, 4) is 0 Å². The second-order valence-electron chi connectivity index (χ2n) is 6.95. The molecule has 0 aromatic rings. The smallest absolute Gasteiger partial charge is 0.309 e. The van der Waals surface area contributed by atoms with Crippen molar-refractivity contribution in [3.05, 3.63) is 0 Å². The lowest BCUT2D eigenvalue weighted by atomic mass is 9.99. The van der Waals surface area contributed by atoms with E-state index >= 15 is 0 Å². The maximum atomic E-state index is 12.2. The van der Waals surface area contributed by atoms with E-state index < -0.39 is 0 Å². The molecule has 4 nitrogen and oxygen atoms in total. The molecule has 2 saturated carbocycles. The summed E-state index contributed by atoms with van der Waals surface area (Å²) in [6.45, 7) is 0.594. The van der Waals surface area contributed by atoms with Crippen LogP contribution in [-0.2, 0) is 19.0 Å². The Kier molecular flexibility index (Phi) is 3.47. The predicted molar refractivity (Wildman–Crippen MR) is 72.2 cm³/mol. The zero-order valence-corrected chi connectivity index (χ0v) is 12.0. The number of esters is 1. The second kappa shape index (κ2) is 5.30. The van der Waals surface area contributed by atoms with E-state index in [1.807, 2.05) is 0 Å². The minimum absolute atomic E-state index is 0.0127. The van der Waals surface area contributed by atoms with Crippen LogP contribution in [0.4, 0.5) is 0 Å². The highest BCUT2D eigenvalue weighted by Gasteiger charge is 2.44. The maximum absolute atomic E-state index is 12.2. The topological polar surface area (TPSA) is 51.4 Å². The average molecular weight is 280 g/mol. The van der Waals surface area contributed by atoms with Crippen molar-refractivity contribution in [2.45, 2.75) is 75.8 Å². The molecule has 20 heavy (non-hydrogen) atoms. The molecule has 4 fully saturated rings. The molecule has 0 aromatic heterocycles. The molecule has 0 amide bonds. The second-order valence-corrected chi connectivity index (χ2v) is 6.95. The fourth-order valence-electron chi connectivity index (χ4n) is 3.98. The first kappa shape index (κ1) is 13.1. The van der Waals surface area contributed by atoms with Gasteiger partial charge in [0, 0.05) is 0 Å². The third kappa shape index (κ3) is 2.86. The summed E-state index contributed by atoms with van der Waals surface area (Å²) in [5, 5.41) is 0. The molecule has 0 N–H and O–H groups in total. The fraction of sp³-hybridized carbons (Fsp3) is 0.938. The predicted octanol–water partition coefficient (Wildman–Crippen LogP) is 2.44. The van der Waals surface area contributed by atoms with Gasteiger partial charge in [0.25, 0.3) is 0 Å². The fourth-order valence-corrected chi connectivity index (χ4v) is 3.98. The van der Waals surface area contributed by atoms with Gasteiger partial charge in [0.15, 0.2) is 0 Å². The highest BCUT2D eigenvalue weighted by molar-refractivity contribution is 5.72. The number of epoxide rings is 2. The summed E-state index contributed by atoms with van der Waals surface area (Å²) in [5.74, 6) is 0.592. The van der Waals surface area contributed by atoms with E-state index in [1.54, 1.807) is 0 Å². The monoisotopic (exact) mass is 280 g/mol. The van der Waals surface area contributed by atoms with Gasteiger partial charge in [-0.05, 0) is 50.9 Å². The van der Waals surface area contributed by atoms with Crippen LogP contribution in [0.2, 0.25) is 0 Å². The van der Waals surface area contributed by atoms with Gasteiger partial charge < -0.3 is 14.2 Å². The summed E-state index contributed by atoms with van der Waals surface area (Å²) in [6, 6.07) is 0. The zero-order chi connectivity index (χ0) is 13.5. The third-order valence-electron chi connectivity index (χ3n) is 5.39. The number of hydrogen-bond acceptors (Lipinski definition) is 4. The molecule has 4 heteroatoms. The van der Waals surface area contributed by atoms with E-state index in [9.17, 15) is 4.79 Å². The molecule has 2 saturated heterocycles. The van der Waals surface area contributed by atoms with E-state index in [4.69, 9.17) is 14.2 Å². The van der Waals surface area contributed by atoms with Gasteiger partial charge in [0.2, 0.25) is 0 Å². The minimum Gasteiger partial charge on any atom is -0.465 e. The standard InChI is InChI=1S/C16H24O4/c17-16(11-4-2-6-13-15(8-11)20-13)18-9-10-3-1-5-12-14(7-10)19-12/h10-15H,1-9H2. The van der Waals surface area contributed by atoms with Gasteiger partial charge in [0.1, 0.15) is 0 Å². The van der Waals surface area contributed by atoms with Crippen molar-refractivity contribution in [3.63, 3.8) is 0 Å². The Morgan fingerprint density at radius 1 is 0.900 bits per heavy atom. The minimum atomic E-state index is 0.0127. The summed E-state index contributed by atoms with van der Waals surface area (Å²) in [4.78, 5) is 12.2. The molecule has 0 spiro atoms. The Morgan fingerprint density at radius 2 is 1.60 bits per heavy atom. The molecule has 2 aliphatic heterocycles. The molecule has 4 aliphatic rings. The number of rotatable bonds is 3. The van der Waals surface area contributed by atoms with E-state index in [0.29, 0.717) is 36.9 Å². The quantitative estimate of drug-likeness (QED) is 0.588. The van der Waals surface area contributed by atoms with Gasteiger partial charge in [-0.2, -0.15) is 0 Å². The first-order valence-corrected chi connectivity index (χ1v) is 8.27. The highest BCUT2D eigenvalue weighted by atomic mass is 16.6. The number of ether oxygens (including phenoxy) is 3. The average Bonchev–Trinajstić information content (AvgIpc) is 3.26. The summed E-state index contributed by atoms with van der Waals surface area (Å²) in [7, 11) is 0. The van der Waals surface area contributed by atoms with Crippen LogP contribution in [0.1, 0.15) is 51.4 Å². The lowest BCUT2D eigenvalue weighted by Crippen LogP contribution is -2.22. The van der Waals surface area contributed by atoms with E-state index in [1.165, 1.54) is 19.3 Å². The van der Waals surface area contributed by atoms with Crippen molar-refractivity contribution in [2.75, 3.05) is 6.61 Å². The summed E-state index contributed by atoms with van der Waals surface area (Å²) in [5.41, 5.74) is 0. The van der Waals surface area contributed by atoms with Crippen LogP contribution in [0, 0.1) is 11.8 Å². The Morgan fingerprint density at radius 3 is 2.40 bits per heavy atom. The van der Waals surface area contributed by atoms with E-state index in [2.05, 4.69) is 0 Å². The van der Waals surface area contributed by atoms with Crippen LogP contribution < -0.4 is 0 Å². The summed E-state index contributed by atoms with van der Waals surface area (Å²) in [6.07, 6.45) is 10.5. The molecule has 2 aliphatic carbocycles. The number of fused-ring (bicyclic) bond motifs is 2. The van der Waals surface area contributed by atoms with Crippen molar-refractivity contribution >= 4 is 5.97 Å². The third-order valence-corrected chi connectivity index (χ3v) is 5.39. The molecule has 0 aromatic carbocycles. The van der Waals surface area contributed by atoms with Gasteiger partial charge in [-0.3, -0.25) is 4.79 Å². The Labute approximate surface area is 120 Å². The first-order chi connectivity index (χ1) is 9.79. The van der Waals surface area contributed by atoms with Crippen LogP contribution >= 0.6 is 0 Å². The lowest BCUT2D eigenvalue weighted by molar-refractivity contribution is -0.150.